The number of unbranched alkanes of at least 4 members (excludes halogenated alkanes) is 4. The molecule has 1 aliphatic heterocycles. The van der Waals surface area contributed by atoms with Crippen molar-refractivity contribution in [3.8, 4) is 5.75 Å². The number of aromatic hydroxyl groups is 1. The first-order chi connectivity index (χ1) is 18.0. The minimum Gasteiger partial charge on any atom is -0.508 e. The molecular formula is C28H39N3O6. The van der Waals surface area contributed by atoms with Crippen LogP contribution in [0.4, 0.5) is 10.5 Å². The Labute approximate surface area is 218 Å². The van der Waals surface area contributed by atoms with Gasteiger partial charge < -0.3 is 30.7 Å². The van der Waals surface area contributed by atoms with Crippen LogP contribution >= 0.6 is 0 Å². The second kappa shape index (κ2) is 15.3. The van der Waals surface area contributed by atoms with Gasteiger partial charge in [-0.25, -0.2) is 9.69 Å². The molecule has 0 spiro atoms. The van der Waals surface area contributed by atoms with E-state index in [0.717, 1.165) is 63.7 Å². The molecule has 2 aromatic carbocycles. The van der Waals surface area contributed by atoms with Gasteiger partial charge >= 0.3 is 6.03 Å². The number of phenols is 1. The zero-order valence-electron chi connectivity index (χ0n) is 21.3. The summed E-state index contributed by atoms with van der Waals surface area (Å²) in [5.74, 6) is -0.197. The highest BCUT2D eigenvalue weighted by molar-refractivity contribution is 6.19. The van der Waals surface area contributed by atoms with E-state index in [-0.39, 0.29) is 30.8 Å². The van der Waals surface area contributed by atoms with Crippen molar-refractivity contribution in [2.24, 2.45) is 0 Å². The lowest BCUT2D eigenvalue weighted by Gasteiger charge is -2.14. The Bertz CT molecular complexity index is 999. The van der Waals surface area contributed by atoms with Crippen LogP contribution in [0.25, 0.3) is 0 Å². The lowest BCUT2D eigenvalue weighted by Crippen LogP contribution is -2.30. The van der Waals surface area contributed by atoms with Crippen LogP contribution in [-0.2, 0) is 22.6 Å². The summed E-state index contributed by atoms with van der Waals surface area (Å²) in [5, 5.41) is 34.9. The van der Waals surface area contributed by atoms with Gasteiger partial charge in [-0.2, -0.15) is 0 Å². The number of imide groups is 1. The highest BCUT2D eigenvalue weighted by Gasteiger charge is 2.29. The molecule has 1 aliphatic rings. The molecule has 0 radical (unpaired) electrons. The van der Waals surface area contributed by atoms with Crippen LogP contribution in [0.15, 0.2) is 42.5 Å². The van der Waals surface area contributed by atoms with E-state index in [1.54, 1.807) is 18.2 Å². The number of aliphatic hydroxyl groups excluding tert-OH is 2. The number of urea groups is 1. The molecule has 0 aromatic heterocycles. The standard InChI is InChI=1S/C28H39N3O6/c32-20-23-17-22(11-12-25(23)33)26(34)18-29-13-4-2-1-3-5-14-37-15-7-9-21-8-6-10-24(16-21)31-27(35)19-30-28(31)36/h6,8,10-12,16-17,26,29,32-34H,1-5,7,9,13-15,18-20H2,(H,30,36). The number of aryl methyl sites for hydroxylation is 1. The van der Waals surface area contributed by atoms with Crippen LogP contribution in [-0.4, -0.2) is 60.1 Å². The maximum absolute atomic E-state index is 11.9. The molecule has 1 atom stereocenters. The fourth-order valence-electron chi connectivity index (χ4n) is 4.30. The molecule has 0 bridgehead atoms. The number of ether oxygens (including phenoxy) is 1. The molecule has 5 N–H and O–H groups in total. The largest absolute Gasteiger partial charge is 0.508 e. The molecule has 1 heterocycles. The van der Waals surface area contributed by atoms with Crippen LogP contribution in [0.5, 0.6) is 5.75 Å². The number of carbonyl (C=O) groups is 2. The first kappa shape index (κ1) is 28.6. The van der Waals surface area contributed by atoms with Crippen molar-refractivity contribution in [1.29, 1.82) is 0 Å². The van der Waals surface area contributed by atoms with Crippen molar-refractivity contribution >= 4 is 17.6 Å². The third kappa shape index (κ3) is 9.12. The van der Waals surface area contributed by atoms with Gasteiger partial charge in [0.2, 0.25) is 0 Å². The summed E-state index contributed by atoms with van der Waals surface area (Å²) in [5.41, 5.74) is 2.78. The van der Waals surface area contributed by atoms with Gasteiger partial charge in [0.1, 0.15) is 5.75 Å². The Hall–Kier alpha value is -2.98. The van der Waals surface area contributed by atoms with Crippen molar-refractivity contribution in [2.75, 3.05) is 37.7 Å². The Morgan fingerprint density at radius 2 is 1.78 bits per heavy atom. The second-order valence-corrected chi connectivity index (χ2v) is 9.31. The molecule has 37 heavy (non-hydrogen) atoms. The predicted octanol–water partition coefficient (Wildman–Crippen LogP) is 3.16. The summed E-state index contributed by atoms with van der Waals surface area (Å²) >= 11 is 0. The average Bonchev–Trinajstić information content (AvgIpc) is 3.24. The Morgan fingerprint density at radius 3 is 2.57 bits per heavy atom. The van der Waals surface area contributed by atoms with Crippen molar-refractivity contribution in [3.05, 3.63) is 59.2 Å². The molecule has 1 saturated heterocycles. The Kier molecular flexibility index (Phi) is 11.8. The number of carbonyl (C=O) groups excluding carboxylic acids is 2. The second-order valence-electron chi connectivity index (χ2n) is 9.31. The minimum absolute atomic E-state index is 0.0350. The molecule has 9 nitrogen and oxygen atoms in total. The quantitative estimate of drug-likeness (QED) is 0.162. The normalized spacial score (nSPS) is 14.3. The topological polar surface area (TPSA) is 131 Å². The van der Waals surface area contributed by atoms with Crippen molar-refractivity contribution < 1.29 is 29.6 Å². The fourth-order valence-corrected chi connectivity index (χ4v) is 4.30. The third-order valence-electron chi connectivity index (χ3n) is 6.40. The van der Waals surface area contributed by atoms with Crippen LogP contribution in [0.2, 0.25) is 0 Å². The van der Waals surface area contributed by atoms with E-state index >= 15 is 0 Å². The SMILES string of the molecule is O=C1CNC(=O)N1c1cccc(CCCOCCCCCCCNCC(O)c2ccc(O)c(CO)c2)c1. The maximum Gasteiger partial charge on any atom is 0.329 e. The van der Waals surface area contributed by atoms with E-state index in [1.165, 1.54) is 11.0 Å². The summed E-state index contributed by atoms with van der Waals surface area (Å²) in [4.78, 5) is 24.9. The summed E-state index contributed by atoms with van der Waals surface area (Å²) in [6.07, 6.45) is 6.47. The molecule has 2 aromatic rings. The van der Waals surface area contributed by atoms with Gasteiger partial charge in [0, 0.05) is 25.3 Å². The summed E-state index contributed by atoms with van der Waals surface area (Å²) < 4.78 is 5.76. The Morgan fingerprint density at radius 1 is 1.00 bits per heavy atom. The molecule has 9 heteroatoms. The van der Waals surface area contributed by atoms with Gasteiger partial charge in [0.15, 0.2) is 0 Å². The number of anilines is 1. The number of nitrogens with zero attached hydrogens (tertiary/aromatic N) is 1. The number of nitrogens with one attached hydrogen (secondary N) is 2. The van der Waals surface area contributed by atoms with E-state index in [0.29, 0.717) is 30.0 Å². The molecule has 1 fully saturated rings. The minimum atomic E-state index is -0.678. The van der Waals surface area contributed by atoms with E-state index in [1.807, 2.05) is 18.2 Å². The van der Waals surface area contributed by atoms with E-state index in [9.17, 15) is 24.9 Å². The summed E-state index contributed by atoms with van der Waals surface area (Å²) in [6.45, 7) is 2.48. The highest BCUT2D eigenvalue weighted by Crippen LogP contribution is 2.22. The zero-order chi connectivity index (χ0) is 26.5. The first-order valence-corrected chi connectivity index (χ1v) is 13.1. The molecule has 3 amide bonds. The predicted molar refractivity (Wildman–Crippen MR) is 141 cm³/mol. The highest BCUT2D eigenvalue weighted by atomic mass is 16.5. The number of hydrogen-bond acceptors (Lipinski definition) is 7. The Balaban J connectivity index is 1.16. The van der Waals surface area contributed by atoms with Crippen molar-refractivity contribution in [3.63, 3.8) is 0 Å². The van der Waals surface area contributed by atoms with E-state index < -0.39 is 6.10 Å². The smallest absolute Gasteiger partial charge is 0.329 e. The number of rotatable bonds is 17. The molecule has 1 unspecified atom stereocenters. The van der Waals surface area contributed by atoms with Gasteiger partial charge in [-0.05, 0) is 67.6 Å². The molecule has 0 saturated carbocycles. The lowest BCUT2D eigenvalue weighted by molar-refractivity contribution is -0.115. The fraction of sp³-hybridized carbons (Fsp3) is 0.500. The summed E-state index contributed by atoms with van der Waals surface area (Å²) in [7, 11) is 0. The average molecular weight is 514 g/mol. The third-order valence-corrected chi connectivity index (χ3v) is 6.40. The van der Waals surface area contributed by atoms with E-state index in [4.69, 9.17) is 4.74 Å². The molecule has 202 valence electrons. The maximum atomic E-state index is 11.9. The molecule has 0 aliphatic carbocycles. The molecule has 3 rings (SSSR count). The first-order valence-electron chi connectivity index (χ1n) is 13.1. The number of aliphatic hydroxyl groups is 2. The number of amides is 3. The lowest BCUT2D eigenvalue weighted by atomic mass is 10.1. The van der Waals surface area contributed by atoms with E-state index in [2.05, 4.69) is 10.6 Å². The van der Waals surface area contributed by atoms with Crippen LogP contribution in [0.1, 0.15) is 61.3 Å². The summed E-state index contributed by atoms with van der Waals surface area (Å²) in [6, 6.07) is 11.9. The van der Waals surface area contributed by atoms with Crippen LogP contribution in [0.3, 0.4) is 0 Å². The number of benzene rings is 2. The van der Waals surface area contributed by atoms with Crippen molar-refractivity contribution in [2.45, 2.75) is 57.7 Å². The van der Waals surface area contributed by atoms with Crippen molar-refractivity contribution in [1.82, 2.24) is 10.6 Å². The van der Waals surface area contributed by atoms with Crippen LogP contribution < -0.4 is 15.5 Å². The van der Waals surface area contributed by atoms with Gasteiger partial charge in [-0.1, -0.05) is 37.5 Å². The molecular weight excluding hydrogens is 474 g/mol. The zero-order valence-corrected chi connectivity index (χ0v) is 21.3. The van der Waals surface area contributed by atoms with Gasteiger partial charge in [0.05, 0.1) is 24.9 Å². The number of hydrogen-bond donors (Lipinski definition) is 5. The van der Waals surface area contributed by atoms with Gasteiger partial charge in [-0.3, -0.25) is 4.79 Å². The van der Waals surface area contributed by atoms with Gasteiger partial charge in [-0.15, -0.1) is 0 Å². The van der Waals surface area contributed by atoms with Crippen LogP contribution in [0, 0.1) is 0 Å². The monoisotopic (exact) mass is 513 g/mol. The van der Waals surface area contributed by atoms with Gasteiger partial charge in [0.25, 0.3) is 5.91 Å².